The molecule has 0 atom stereocenters. The number of benzene rings is 1. The van der Waals surface area contributed by atoms with E-state index in [4.69, 9.17) is 0 Å². The molecule has 1 aromatic carbocycles. The van der Waals surface area contributed by atoms with Crippen LogP contribution < -0.4 is 0 Å². The Kier molecular flexibility index (Phi) is 2.97. The minimum Gasteiger partial charge on any atom is -0.249 e. The number of nitrogens with zero attached hydrogens (tertiary/aromatic N) is 1. The third kappa shape index (κ3) is 2.77. The van der Waals surface area contributed by atoms with Crippen molar-refractivity contribution in [2.24, 2.45) is 0 Å². The molecular weight excluding hydrogens is 202 g/mol. The summed E-state index contributed by atoms with van der Waals surface area (Å²) in [4.78, 5) is 5.41. The van der Waals surface area contributed by atoms with Crippen LogP contribution in [-0.2, 0) is 0 Å². The quantitative estimate of drug-likeness (QED) is 0.739. The summed E-state index contributed by atoms with van der Waals surface area (Å²) >= 11 is 1.71. The van der Waals surface area contributed by atoms with Crippen LogP contribution in [-0.4, -0.2) is 4.98 Å². The van der Waals surface area contributed by atoms with Crippen LogP contribution in [0.5, 0.6) is 0 Å². The van der Waals surface area contributed by atoms with Crippen molar-refractivity contribution in [3.05, 3.63) is 51.5 Å². The van der Waals surface area contributed by atoms with Gasteiger partial charge in [-0.15, -0.1) is 11.3 Å². The number of hydrogen-bond donors (Lipinski definition) is 0. The van der Waals surface area contributed by atoms with Crippen LogP contribution in [0.3, 0.4) is 0 Å². The van der Waals surface area contributed by atoms with Crippen molar-refractivity contribution in [1.29, 1.82) is 0 Å². The molecular formula is C13H13NS. The Balaban J connectivity index is 2.14. The van der Waals surface area contributed by atoms with Crippen molar-refractivity contribution in [1.82, 2.24) is 4.98 Å². The lowest BCUT2D eigenvalue weighted by Gasteiger charge is -1.93. The second kappa shape index (κ2) is 4.41. The summed E-state index contributed by atoms with van der Waals surface area (Å²) in [6, 6.07) is 8.49. The fourth-order valence-corrected chi connectivity index (χ4v) is 2.00. The van der Waals surface area contributed by atoms with Crippen LogP contribution in [0.15, 0.2) is 30.5 Å². The number of thiazole rings is 1. The summed E-state index contributed by atoms with van der Waals surface area (Å²) in [5.74, 6) is 0. The molecule has 0 bridgehead atoms. The van der Waals surface area contributed by atoms with Gasteiger partial charge in [-0.2, -0.15) is 0 Å². The highest BCUT2D eigenvalue weighted by Gasteiger charge is 1.92. The van der Waals surface area contributed by atoms with Gasteiger partial charge in [-0.3, -0.25) is 0 Å². The lowest BCUT2D eigenvalue weighted by Crippen LogP contribution is -1.72. The predicted molar refractivity (Wildman–Crippen MR) is 67.0 cm³/mol. The van der Waals surface area contributed by atoms with Crippen molar-refractivity contribution < 1.29 is 0 Å². The van der Waals surface area contributed by atoms with Gasteiger partial charge in [0.25, 0.3) is 0 Å². The molecule has 1 aromatic heterocycles. The molecule has 0 aliphatic rings. The van der Waals surface area contributed by atoms with Crippen LogP contribution in [0.4, 0.5) is 0 Å². The molecule has 1 nitrogen and oxygen atoms in total. The van der Waals surface area contributed by atoms with Crippen LogP contribution in [0, 0.1) is 13.8 Å². The Morgan fingerprint density at radius 2 is 1.80 bits per heavy atom. The average Bonchev–Trinajstić information content (AvgIpc) is 2.64. The smallest absolute Gasteiger partial charge is 0.0900 e. The largest absolute Gasteiger partial charge is 0.249 e. The van der Waals surface area contributed by atoms with Crippen molar-refractivity contribution in [2.75, 3.05) is 0 Å². The van der Waals surface area contributed by atoms with E-state index in [0.717, 1.165) is 5.01 Å². The van der Waals surface area contributed by atoms with E-state index in [2.05, 4.69) is 48.3 Å². The van der Waals surface area contributed by atoms with Gasteiger partial charge in [0.1, 0.15) is 0 Å². The van der Waals surface area contributed by atoms with E-state index < -0.39 is 0 Å². The molecule has 0 saturated heterocycles. The monoisotopic (exact) mass is 215 g/mol. The maximum absolute atomic E-state index is 4.21. The first-order chi connectivity index (χ1) is 7.24. The average molecular weight is 215 g/mol. The van der Waals surface area contributed by atoms with Gasteiger partial charge >= 0.3 is 0 Å². The molecule has 1 heterocycles. The molecule has 2 heteroatoms. The first-order valence-corrected chi connectivity index (χ1v) is 5.73. The van der Waals surface area contributed by atoms with Gasteiger partial charge < -0.3 is 0 Å². The summed E-state index contributed by atoms with van der Waals surface area (Å²) in [5, 5.41) is 1.11. The molecule has 0 unspecified atom stereocenters. The van der Waals surface area contributed by atoms with Gasteiger partial charge in [-0.05, 0) is 25.5 Å². The molecule has 0 radical (unpaired) electrons. The van der Waals surface area contributed by atoms with Gasteiger partial charge in [-0.1, -0.05) is 35.9 Å². The van der Waals surface area contributed by atoms with Crippen LogP contribution in [0.1, 0.15) is 21.0 Å². The zero-order valence-electron chi connectivity index (χ0n) is 8.90. The molecule has 0 fully saturated rings. The maximum atomic E-state index is 4.21. The molecule has 0 amide bonds. The molecule has 76 valence electrons. The van der Waals surface area contributed by atoms with E-state index in [1.165, 1.54) is 16.0 Å². The lowest BCUT2D eigenvalue weighted by atomic mass is 10.1. The predicted octanol–water partition coefficient (Wildman–Crippen LogP) is 3.93. The van der Waals surface area contributed by atoms with E-state index in [0.29, 0.717) is 0 Å². The highest BCUT2D eigenvalue weighted by Crippen LogP contribution is 2.15. The first kappa shape index (κ1) is 10.1. The third-order valence-corrected chi connectivity index (χ3v) is 3.03. The second-order valence-electron chi connectivity index (χ2n) is 3.53. The number of rotatable bonds is 2. The number of aromatic nitrogens is 1. The van der Waals surface area contributed by atoms with Crippen LogP contribution in [0.2, 0.25) is 0 Å². The Bertz CT molecular complexity index is 466. The summed E-state index contributed by atoms with van der Waals surface area (Å²) in [6.07, 6.45) is 6.13. The highest BCUT2D eigenvalue weighted by molar-refractivity contribution is 7.12. The molecule has 0 aliphatic carbocycles. The van der Waals surface area contributed by atoms with Gasteiger partial charge in [0, 0.05) is 11.1 Å². The van der Waals surface area contributed by atoms with E-state index in [1.807, 2.05) is 13.1 Å². The van der Waals surface area contributed by atoms with E-state index in [-0.39, 0.29) is 0 Å². The van der Waals surface area contributed by atoms with E-state index >= 15 is 0 Å². The minimum atomic E-state index is 1.11. The topological polar surface area (TPSA) is 12.9 Å². The molecule has 0 N–H and O–H groups in total. The van der Waals surface area contributed by atoms with E-state index in [1.54, 1.807) is 11.3 Å². The molecule has 0 saturated carbocycles. The molecule has 2 rings (SSSR count). The van der Waals surface area contributed by atoms with Crippen molar-refractivity contribution in [2.45, 2.75) is 13.8 Å². The molecule has 0 spiro atoms. The zero-order valence-corrected chi connectivity index (χ0v) is 9.71. The highest BCUT2D eigenvalue weighted by atomic mass is 32.1. The van der Waals surface area contributed by atoms with Gasteiger partial charge in [-0.25, -0.2) is 4.98 Å². The van der Waals surface area contributed by atoms with Gasteiger partial charge in [0.05, 0.1) is 5.01 Å². The van der Waals surface area contributed by atoms with Gasteiger partial charge in [0.2, 0.25) is 0 Å². The normalized spacial score (nSPS) is 11.1. The SMILES string of the molecule is Cc1ccc(/C=C/c2cnc(C)s2)cc1. The number of hydrogen-bond acceptors (Lipinski definition) is 2. The Morgan fingerprint density at radius 3 is 2.40 bits per heavy atom. The fraction of sp³-hybridized carbons (Fsp3) is 0.154. The third-order valence-electron chi connectivity index (χ3n) is 2.16. The Labute approximate surface area is 94.1 Å². The van der Waals surface area contributed by atoms with E-state index in [9.17, 15) is 0 Å². The summed E-state index contributed by atoms with van der Waals surface area (Å²) < 4.78 is 0. The standard InChI is InChI=1S/C13H13NS/c1-10-3-5-12(6-4-10)7-8-13-9-14-11(2)15-13/h3-9H,1-2H3/b8-7+. The van der Waals surface area contributed by atoms with Crippen LogP contribution in [0.25, 0.3) is 12.2 Å². The molecule has 15 heavy (non-hydrogen) atoms. The zero-order chi connectivity index (χ0) is 10.7. The van der Waals surface area contributed by atoms with Crippen molar-refractivity contribution in [3.8, 4) is 0 Å². The summed E-state index contributed by atoms with van der Waals surface area (Å²) in [5.41, 5.74) is 2.52. The lowest BCUT2D eigenvalue weighted by molar-refractivity contribution is 1.30. The fourth-order valence-electron chi connectivity index (χ4n) is 1.31. The Morgan fingerprint density at radius 1 is 1.07 bits per heavy atom. The van der Waals surface area contributed by atoms with Crippen molar-refractivity contribution in [3.63, 3.8) is 0 Å². The van der Waals surface area contributed by atoms with Crippen LogP contribution >= 0.6 is 11.3 Å². The number of aryl methyl sites for hydroxylation is 2. The van der Waals surface area contributed by atoms with Gasteiger partial charge in [0.15, 0.2) is 0 Å². The molecule has 2 aromatic rings. The molecule has 0 aliphatic heterocycles. The van der Waals surface area contributed by atoms with Crippen molar-refractivity contribution >= 4 is 23.5 Å². The Hall–Kier alpha value is -1.41. The first-order valence-electron chi connectivity index (χ1n) is 4.91. The minimum absolute atomic E-state index is 1.11. The maximum Gasteiger partial charge on any atom is 0.0900 e. The second-order valence-corrected chi connectivity index (χ2v) is 4.79. The summed E-state index contributed by atoms with van der Waals surface area (Å²) in [6.45, 7) is 4.12. The summed E-state index contributed by atoms with van der Waals surface area (Å²) in [7, 11) is 0.